The third kappa shape index (κ3) is 4.80. The fourth-order valence-electron chi connectivity index (χ4n) is 2.21. The van der Waals surface area contributed by atoms with Gasteiger partial charge in [-0.1, -0.05) is 13.8 Å². The molecule has 26 heavy (non-hydrogen) atoms. The number of carboxylic acid groups (broad SMARTS) is 1. The van der Waals surface area contributed by atoms with Crippen molar-refractivity contribution in [2.45, 2.75) is 37.4 Å². The maximum atomic E-state index is 12.7. The first-order chi connectivity index (χ1) is 12.0. The summed E-state index contributed by atoms with van der Waals surface area (Å²) in [6.07, 6.45) is 0.0519. The number of carboxylic acids is 1. The summed E-state index contributed by atoms with van der Waals surface area (Å²) >= 11 is 0.523. The normalized spacial score (nSPS) is 12.7. The van der Waals surface area contributed by atoms with Gasteiger partial charge in [0.15, 0.2) is 4.21 Å². The highest BCUT2D eigenvalue weighted by Crippen LogP contribution is 2.33. The van der Waals surface area contributed by atoms with Crippen molar-refractivity contribution >= 4 is 39.3 Å². The second-order valence-electron chi connectivity index (χ2n) is 5.84. The first-order valence-corrected chi connectivity index (χ1v) is 9.81. The van der Waals surface area contributed by atoms with Crippen molar-refractivity contribution < 1.29 is 37.4 Å². The van der Waals surface area contributed by atoms with E-state index in [9.17, 15) is 27.9 Å². The van der Waals surface area contributed by atoms with Gasteiger partial charge in [0.25, 0.3) is 10.0 Å². The van der Waals surface area contributed by atoms with E-state index in [0.29, 0.717) is 11.3 Å². The molecule has 0 aliphatic heterocycles. The number of sulfonamides is 1. The van der Waals surface area contributed by atoms with Crippen molar-refractivity contribution in [2.75, 3.05) is 14.2 Å². The van der Waals surface area contributed by atoms with E-state index in [0.717, 1.165) is 14.2 Å². The maximum absolute atomic E-state index is 12.7. The molecule has 1 aromatic rings. The highest BCUT2D eigenvalue weighted by molar-refractivity contribution is 7.91. The van der Waals surface area contributed by atoms with Crippen molar-refractivity contribution in [1.29, 1.82) is 0 Å². The van der Waals surface area contributed by atoms with E-state index in [1.807, 2.05) is 0 Å². The molecule has 1 rings (SSSR count). The lowest BCUT2D eigenvalue weighted by Crippen LogP contribution is -2.41. The number of thiophene rings is 1. The van der Waals surface area contributed by atoms with E-state index < -0.39 is 38.2 Å². The van der Waals surface area contributed by atoms with Crippen molar-refractivity contribution in [3.8, 4) is 0 Å². The number of esters is 2. The molecule has 1 atom stereocenters. The van der Waals surface area contributed by atoms with Crippen molar-refractivity contribution in [1.82, 2.24) is 4.72 Å². The number of carbonyl (C=O) groups excluding carboxylic acids is 2. The highest BCUT2D eigenvalue weighted by Gasteiger charge is 2.35. The lowest BCUT2D eigenvalue weighted by Gasteiger charge is -2.16. The monoisotopic (exact) mass is 407 g/mol. The lowest BCUT2D eigenvalue weighted by atomic mass is 10.1. The average Bonchev–Trinajstić information content (AvgIpc) is 2.90. The van der Waals surface area contributed by atoms with Gasteiger partial charge >= 0.3 is 17.9 Å². The molecule has 0 fully saturated rings. The van der Waals surface area contributed by atoms with Gasteiger partial charge in [-0.05, 0) is 24.8 Å². The van der Waals surface area contributed by atoms with Gasteiger partial charge in [-0.3, -0.25) is 4.79 Å². The molecule has 11 heteroatoms. The first-order valence-electron chi connectivity index (χ1n) is 7.51. The minimum absolute atomic E-state index is 0.0519. The molecule has 0 aliphatic carbocycles. The number of rotatable bonds is 8. The number of ether oxygens (including phenoxy) is 2. The van der Waals surface area contributed by atoms with Gasteiger partial charge < -0.3 is 14.6 Å². The van der Waals surface area contributed by atoms with Crippen LogP contribution in [0.3, 0.4) is 0 Å². The SMILES string of the molecule is COC(=O)c1sc(S(=O)(=O)NC(CC(C)C)C(=O)O)c(C(=O)OC)c1C. The van der Waals surface area contributed by atoms with Gasteiger partial charge in [0.1, 0.15) is 10.9 Å². The van der Waals surface area contributed by atoms with E-state index >= 15 is 0 Å². The topological polar surface area (TPSA) is 136 Å². The second-order valence-corrected chi connectivity index (χ2v) is 8.77. The number of hydrogen-bond acceptors (Lipinski definition) is 8. The van der Waals surface area contributed by atoms with Crippen LogP contribution in [0, 0.1) is 12.8 Å². The minimum atomic E-state index is -4.40. The zero-order valence-electron chi connectivity index (χ0n) is 15.0. The summed E-state index contributed by atoms with van der Waals surface area (Å²) in [4.78, 5) is 35.2. The summed E-state index contributed by atoms with van der Waals surface area (Å²) in [6.45, 7) is 4.88. The first kappa shape index (κ1) is 22.1. The summed E-state index contributed by atoms with van der Waals surface area (Å²) in [6, 6.07) is -1.38. The molecular formula is C15H21NO8S2. The zero-order chi connectivity index (χ0) is 20.2. The van der Waals surface area contributed by atoms with Gasteiger partial charge in [-0.25, -0.2) is 18.0 Å². The van der Waals surface area contributed by atoms with Crippen LogP contribution in [0.1, 0.15) is 45.9 Å². The Morgan fingerprint density at radius 1 is 1.15 bits per heavy atom. The highest BCUT2D eigenvalue weighted by atomic mass is 32.2. The molecule has 0 amide bonds. The van der Waals surface area contributed by atoms with Crippen LogP contribution < -0.4 is 4.72 Å². The van der Waals surface area contributed by atoms with Crippen molar-refractivity contribution in [3.63, 3.8) is 0 Å². The van der Waals surface area contributed by atoms with Crippen LogP contribution in [0.5, 0.6) is 0 Å². The zero-order valence-corrected chi connectivity index (χ0v) is 16.6. The fourth-order valence-corrected chi connectivity index (χ4v) is 5.18. The Kier molecular flexibility index (Phi) is 7.30. The van der Waals surface area contributed by atoms with Gasteiger partial charge in [-0.15, -0.1) is 11.3 Å². The van der Waals surface area contributed by atoms with Crippen LogP contribution in [0.25, 0.3) is 0 Å². The quantitative estimate of drug-likeness (QED) is 0.617. The van der Waals surface area contributed by atoms with Crippen molar-refractivity contribution in [2.24, 2.45) is 5.92 Å². The molecule has 9 nitrogen and oxygen atoms in total. The van der Waals surface area contributed by atoms with Crippen LogP contribution in [0.4, 0.5) is 0 Å². The average molecular weight is 407 g/mol. The molecule has 1 unspecified atom stereocenters. The maximum Gasteiger partial charge on any atom is 0.348 e. The molecule has 0 spiro atoms. The Hall–Kier alpha value is -1.98. The Balaban J connectivity index is 3.49. The van der Waals surface area contributed by atoms with E-state index in [-0.39, 0.29) is 28.3 Å². The standard InChI is InChI=1S/C15H21NO8S2/c1-7(2)6-9(12(17)18)16-26(21,22)15-10(13(19)23-4)8(3)11(25-15)14(20)24-5/h7,9,16H,6H2,1-5H3,(H,17,18). The van der Waals surface area contributed by atoms with Crippen LogP contribution in [0.2, 0.25) is 0 Å². The van der Waals surface area contributed by atoms with Crippen molar-refractivity contribution in [3.05, 3.63) is 16.0 Å². The van der Waals surface area contributed by atoms with Gasteiger partial charge in [0.05, 0.1) is 19.8 Å². The Bertz CT molecular complexity index is 810. The predicted octanol–water partition coefficient (Wildman–Crippen LogP) is 1.41. The largest absolute Gasteiger partial charge is 0.480 e. The van der Waals surface area contributed by atoms with Gasteiger partial charge in [0, 0.05) is 0 Å². The fraction of sp³-hybridized carbons (Fsp3) is 0.533. The molecule has 2 N–H and O–H groups in total. The Labute approximate surface area is 155 Å². The number of nitrogens with one attached hydrogen (secondary N) is 1. The van der Waals surface area contributed by atoms with E-state index in [4.69, 9.17) is 0 Å². The third-order valence-electron chi connectivity index (χ3n) is 3.42. The third-order valence-corrected chi connectivity index (χ3v) is 6.68. The van der Waals surface area contributed by atoms with E-state index in [2.05, 4.69) is 14.2 Å². The second kappa shape index (κ2) is 8.60. The van der Waals surface area contributed by atoms with Crippen LogP contribution >= 0.6 is 11.3 Å². The molecule has 0 saturated carbocycles. The van der Waals surface area contributed by atoms with Gasteiger partial charge in [-0.2, -0.15) is 4.72 Å². The molecule has 0 aliphatic rings. The summed E-state index contributed by atoms with van der Waals surface area (Å²) in [5.41, 5.74) is -0.233. The van der Waals surface area contributed by atoms with Crippen LogP contribution in [-0.2, 0) is 24.3 Å². The van der Waals surface area contributed by atoms with E-state index in [1.165, 1.54) is 6.92 Å². The molecule has 0 saturated heterocycles. The van der Waals surface area contributed by atoms with E-state index in [1.54, 1.807) is 13.8 Å². The molecule has 0 bridgehead atoms. The Morgan fingerprint density at radius 2 is 1.69 bits per heavy atom. The van der Waals surface area contributed by atoms with Gasteiger partial charge in [0.2, 0.25) is 0 Å². The molecule has 1 heterocycles. The van der Waals surface area contributed by atoms with Crippen LogP contribution in [-0.4, -0.2) is 51.7 Å². The summed E-state index contributed by atoms with van der Waals surface area (Å²) in [7, 11) is -2.21. The lowest BCUT2D eigenvalue weighted by molar-refractivity contribution is -0.139. The Morgan fingerprint density at radius 3 is 2.12 bits per heavy atom. The molecule has 0 radical (unpaired) electrons. The molecule has 1 aromatic heterocycles. The predicted molar refractivity (Wildman–Crippen MR) is 92.9 cm³/mol. The molecule has 0 aromatic carbocycles. The summed E-state index contributed by atoms with van der Waals surface area (Å²) in [5, 5.41) is 9.25. The smallest absolute Gasteiger partial charge is 0.348 e. The summed E-state index contributed by atoms with van der Waals surface area (Å²) < 4.78 is 36.2. The van der Waals surface area contributed by atoms with Crippen LogP contribution in [0.15, 0.2) is 4.21 Å². The molecular weight excluding hydrogens is 386 g/mol. The number of carbonyl (C=O) groups is 3. The minimum Gasteiger partial charge on any atom is -0.480 e. The number of hydrogen-bond donors (Lipinski definition) is 2. The number of aliphatic carboxylic acids is 1. The summed E-state index contributed by atoms with van der Waals surface area (Å²) in [5.74, 6) is -3.20. The molecule has 146 valence electrons. The number of methoxy groups -OCH3 is 2.